The number of esters is 2. The standard InChI is InChI=1S/C45H31NO8S2/c47-38-27-15-7-8-16-28(27)39(48)33(38)20-26-19-31-35(44(51)53-22-24-11-3-1-4-12-24)43-32(36(42(31)55-26)45(52)54-23-25-13-5-2-6-14-25)21-34(56-43)46-37-40(49)29-17-9-10-18-30(29)41(37)50/h1-8,11-16,19-21,29-30H,9-10,17-18,22-23H2. The van der Waals surface area contributed by atoms with Gasteiger partial charge in [-0.1, -0.05) is 97.8 Å². The molecule has 0 radical (unpaired) electrons. The van der Waals surface area contributed by atoms with E-state index in [9.17, 15) is 28.8 Å². The van der Waals surface area contributed by atoms with Crippen LogP contribution in [0.5, 0.6) is 0 Å². The van der Waals surface area contributed by atoms with Crippen LogP contribution in [0.2, 0.25) is 0 Å². The van der Waals surface area contributed by atoms with Crippen molar-refractivity contribution >= 4 is 94.7 Å². The van der Waals surface area contributed by atoms with Crippen molar-refractivity contribution in [2.45, 2.75) is 38.9 Å². The molecule has 0 N–H and O–H groups in total. The molecule has 2 atom stereocenters. The molecule has 0 saturated heterocycles. The summed E-state index contributed by atoms with van der Waals surface area (Å²) in [6, 6.07) is 28.3. The average Bonchev–Trinajstić information content (AvgIpc) is 3.96. The summed E-state index contributed by atoms with van der Waals surface area (Å²) in [5.74, 6) is -3.45. The number of carbonyl (C=O) groups is 6. The smallest absolute Gasteiger partial charge is 0.340 e. The Morgan fingerprint density at radius 1 is 0.643 bits per heavy atom. The lowest BCUT2D eigenvalue weighted by atomic mass is 9.81. The topological polar surface area (TPSA) is 133 Å². The summed E-state index contributed by atoms with van der Waals surface area (Å²) in [6.07, 6.45) is 4.55. The number of thiophene rings is 2. The van der Waals surface area contributed by atoms with Crippen LogP contribution in [-0.4, -0.2) is 40.8 Å². The summed E-state index contributed by atoms with van der Waals surface area (Å²) >= 11 is 2.21. The van der Waals surface area contributed by atoms with Crippen LogP contribution in [0.3, 0.4) is 0 Å². The summed E-state index contributed by atoms with van der Waals surface area (Å²) in [7, 11) is 0. The molecular weight excluding hydrogens is 747 g/mol. The largest absolute Gasteiger partial charge is 0.457 e. The van der Waals surface area contributed by atoms with E-state index in [4.69, 9.17) is 9.47 Å². The Balaban J connectivity index is 1.22. The van der Waals surface area contributed by atoms with Gasteiger partial charge in [0.15, 0.2) is 28.8 Å². The van der Waals surface area contributed by atoms with Crippen LogP contribution in [0.1, 0.15) is 83.1 Å². The molecule has 2 aromatic heterocycles. The average molecular weight is 778 g/mol. The molecule has 0 amide bonds. The fourth-order valence-electron chi connectivity index (χ4n) is 7.89. The van der Waals surface area contributed by atoms with Crippen LogP contribution >= 0.6 is 22.7 Å². The van der Waals surface area contributed by atoms with Gasteiger partial charge in [-0.25, -0.2) is 14.6 Å². The number of allylic oxidation sites excluding steroid dienone is 1. The molecule has 0 bridgehead atoms. The van der Waals surface area contributed by atoms with Crippen molar-refractivity contribution < 1.29 is 38.2 Å². The van der Waals surface area contributed by atoms with Crippen molar-refractivity contribution in [3.05, 3.63) is 141 Å². The van der Waals surface area contributed by atoms with E-state index >= 15 is 0 Å². The zero-order valence-corrected chi connectivity index (χ0v) is 31.4. The fraction of sp³-hybridized carbons (Fsp3) is 0.178. The number of Topliss-reactive ketones (excluding diaryl/α,β-unsaturated/α-hetero) is 4. The Morgan fingerprint density at radius 2 is 1.12 bits per heavy atom. The summed E-state index contributed by atoms with van der Waals surface area (Å²) in [4.78, 5) is 87.3. The maximum Gasteiger partial charge on any atom is 0.340 e. The molecule has 11 heteroatoms. The van der Waals surface area contributed by atoms with Gasteiger partial charge in [0.2, 0.25) is 0 Å². The van der Waals surface area contributed by atoms with E-state index in [1.165, 1.54) is 6.08 Å². The molecule has 0 aliphatic heterocycles. The summed E-state index contributed by atoms with van der Waals surface area (Å²) in [5, 5.41) is 0.974. The molecule has 0 spiro atoms. The maximum atomic E-state index is 14.3. The van der Waals surface area contributed by atoms with Crippen LogP contribution < -0.4 is 0 Å². The number of rotatable bonds is 8. The van der Waals surface area contributed by atoms with E-state index in [0.717, 1.165) is 46.6 Å². The number of benzene rings is 4. The number of ketones is 4. The number of hydrogen-bond acceptors (Lipinski definition) is 11. The molecule has 2 unspecified atom stereocenters. The molecule has 2 fully saturated rings. The first-order valence-electron chi connectivity index (χ1n) is 18.3. The van der Waals surface area contributed by atoms with Crippen LogP contribution in [-0.2, 0) is 32.3 Å². The predicted octanol–water partition coefficient (Wildman–Crippen LogP) is 9.32. The third-order valence-corrected chi connectivity index (χ3v) is 12.8. The van der Waals surface area contributed by atoms with Gasteiger partial charge >= 0.3 is 11.9 Å². The Kier molecular flexibility index (Phi) is 9.19. The number of aliphatic imine (C=N–C) groups is 1. The lowest BCUT2D eigenvalue weighted by Gasteiger charge is -2.20. The van der Waals surface area contributed by atoms with Crippen LogP contribution in [0.25, 0.3) is 26.2 Å². The highest BCUT2D eigenvalue weighted by atomic mass is 32.1. The van der Waals surface area contributed by atoms with Crippen molar-refractivity contribution in [1.29, 1.82) is 0 Å². The number of hydrogen-bond donors (Lipinski definition) is 0. The molecule has 276 valence electrons. The third-order valence-electron chi connectivity index (χ3n) is 10.6. The van der Waals surface area contributed by atoms with Crippen LogP contribution in [0.15, 0.2) is 108 Å². The number of nitrogens with zero attached hydrogens (tertiary/aromatic N) is 1. The minimum absolute atomic E-state index is 0.0226. The molecular formula is C45H31NO8S2. The second-order valence-corrected chi connectivity index (χ2v) is 16.2. The second kappa shape index (κ2) is 14.5. The van der Waals surface area contributed by atoms with Gasteiger partial charge in [0.1, 0.15) is 18.2 Å². The SMILES string of the molecule is O=C1C(=Cc2cc3c(C(=O)OCc4ccccc4)c4sc(N=C5C(=O)C6CCCCC6C5=O)cc4c(C(=O)OCc4ccccc4)c3s2)C(=O)c2ccccc21. The summed E-state index contributed by atoms with van der Waals surface area (Å²) < 4.78 is 12.5. The van der Waals surface area contributed by atoms with Gasteiger partial charge in [0, 0.05) is 38.6 Å². The van der Waals surface area contributed by atoms with E-state index in [1.54, 1.807) is 36.4 Å². The van der Waals surface area contributed by atoms with E-state index in [0.29, 0.717) is 49.0 Å². The molecule has 2 heterocycles. The van der Waals surface area contributed by atoms with Gasteiger partial charge in [0.25, 0.3) is 0 Å². The molecule has 3 aliphatic carbocycles. The van der Waals surface area contributed by atoms with Crippen LogP contribution in [0, 0.1) is 11.8 Å². The molecule has 9 rings (SSSR count). The number of ether oxygens (including phenoxy) is 2. The summed E-state index contributed by atoms with van der Waals surface area (Å²) in [6.45, 7) is -0.0592. The maximum absolute atomic E-state index is 14.3. The Bertz CT molecular complexity index is 2550. The van der Waals surface area contributed by atoms with Gasteiger partial charge in [0.05, 0.1) is 26.1 Å². The van der Waals surface area contributed by atoms with E-state index < -0.39 is 23.5 Å². The van der Waals surface area contributed by atoms with Crippen molar-refractivity contribution in [2.24, 2.45) is 16.8 Å². The lowest BCUT2D eigenvalue weighted by molar-refractivity contribution is -0.120. The fourth-order valence-corrected chi connectivity index (χ4v) is 10.1. The molecule has 3 aliphatic rings. The lowest BCUT2D eigenvalue weighted by Crippen LogP contribution is -2.21. The first-order valence-corrected chi connectivity index (χ1v) is 19.9. The first-order chi connectivity index (χ1) is 27.3. The highest BCUT2D eigenvalue weighted by Gasteiger charge is 2.47. The van der Waals surface area contributed by atoms with E-state index in [1.807, 2.05) is 60.7 Å². The van der Waals surface area contributed by atoms with E-state index in [2.05, 4.69) is 4.99 Å². The van der Waals surface area contributed by atoms with Crippen molar-refractivity contribution in [1.82, 2.24) is 0 Å². The van der Waals surface area contributed by atoms with E-state index in [-0.39, 0.29) is 64.0 Å². The molecule has 9 nitrogen and oxygen atoms in total. The van der Waals surface area contributed by atoms with Gasteiger partial charge in [-0.3, -0.25) is 19.2 Å². The highest BCUT2D eigenvalue weighted by molar-refractivity contribution is 7.24. The Morgan fingerprint density at radius 3 is 1.66 bits per heavy atom. The van der Waals surface area contributed by atoms with Gasteiger partial charge in [-0.05, 0) is 42.2 Å². The molecule has 2 saturated carbocycles. The monoisotopic (exact) mass is 777 g/mol. The van der Waals surface area contributed by atoms with Crippen molar-refractivity contribution in [2.75, 3.05) is 0 Å². The third kappa shape index (κ3) is 6.22. The normalized spacial score (nSPS) is 17.7. The zero-order chi connectivity index (χ0) is 38.5. The van der Waals surface area contributed by atoms with Gasteiger partial charge in [-0.15, -0.1) is 22.7 Å². The predicted molar refractivity (Wildman–Crippen MR) is 214 cm³/mol. The molecule has 56 heavy (non-hydrogen) atoms. The number of fused-ring (bicyclic) bond motifs is 4. The Labute approximate surface area is 328 Å². The highest BCUT2D eigenvalue weighted by Crippen LogP contribution is 2.46. The van der Waals surface area contributed by atoms with Crippen molar-refractivity contribution in [3.63, 3.8) is 0 Å². The van der Waals surface area contributed by atoms with Gasteiger partial charge < -0.3 is 9.47 Å². The minimum atomic E-state index is -0.675. The quantitative estimate of drug-likeness (QED) is 0.0849. The molecule has 4 aromatic carbocycles. The second-order valence-electron chi connectivity index (χ2n) is 14.0. The molecule has 6 aromatic rings. The van der Waals surface area contributed by atoms with Crippen molar-refractivity contribution in [3.8, 4) is 0 Å². The zero-order valence-electron chi connectivity index (χ0n) is 29.7. The number of carbonyl (C=O) groups excluding carboxylic acids is 6. The van der Waals surface area contributed by atoms with Gasteiger partial charge in [-0.2, -0.15) is 0 Å². The van der Waals surface area contributed by atoms with Crippen LogP contribution in [0.4, 0.5) is 5.00 Å². The summed E-state index contributed by atoms with van der Waals surface area (Å²) in [5.41, 5.74) is 2.33. The minimum Gasteiger partial charge on any atom is -0.457 e. The Hall–Kier alpha value is -6.17. The first kappa shape index (κ1) is 35.5.